The summed E-state index contributed by atoms with van der Waals surface area (Å²) in [4.78, 5) is 18.6. The van der Waals surface area contributed by atoms with E-state index in [0.29, 0.717) is 36.2 Å². The summed E-state index contributed by atoms with van der Waals surface area (Å²) < 4.78 is 18.3. The van der Waals surface area contributed by atoms with Gasteiger partial charge in [0.25, 0.3) is 0 Å². The van der Waals surface area contributed by atoms with E-state index < -0.39 is 0 Å². The smallest absolute Gasteiger partial charge is 0.228 e. The first kappa shape index (κ1) is 15.7. The van der Waals surface area contributed by atoms with E-state index in [1.54, 1.807) is 12.1 Å². The Morgan fingerprint density at radius 2 is 2.17 bits per heavy atom. The summed E-state index contributed by atoms with van der Waals surface area (Å²) in [5.74, 6) is 0.490. The summed E-state index contributed by atoms with van der Waals surface area (Å²) in [6.07, 6.45) is 2.63. The predicted molar refractivity (Wildman–Crippen MR) is 83.9 cm³/mol. The first-order valence-electron chi connectivity index (χ1n) is 7.76. The molecular weight excluding hydrogens is 297 g/mol. The average Bonchev–Trinajstić information content (AvgIpc) is 3.14. The fourth-order valence-corrected chi connectivity index (χ4v) is 3.03. The number of nitrogens with zero attached hydrogens (tertiary/aromatic N) is 2. The number of hydrogen-bond donors (Lipinski definition) is 1. The van der Waals surface area contributed by atoms with Crippen LogP contribution in [0.1, 0.15) is 19.0 Å². The molecule has 0 radical (unpaired) electrons. The largest absolute Gasteiger partial charge is 0.444 e. The van der Waals surface area contributed by atoms with Crippen molar-refractivity contribution >= 4 is 5.91 Å². The monoisotopic (exact) mass is 317 g/mol. The molecule has 2 heterocycles. The lowest BCUT2D eigenvalue weighted by Crippen LogP contribution is -2.35. The first-order chi connectivity index (χ1) is 11.1. The number of amides is 1. The molecular formula is C17H20FN3O2. The maximum absolute atomic E-state index is 12.9. The van der Waals surface area contributed by atoms with Crippen molar-refractivity contribution in [2.45, 2.75) is 25.8 Å². The molecule has 5 nitrogen and oxygen atoms in total. The van der Waals surface area contributed by atoms with Gasteiger partial charge < -0.3 is 15.1 Å². The van der Waals surface area contributed by atoms with Crippen LogP contribution >= 0.6 is 0 Å². The van der Waals surface area contributed by atoms with Gasteiger partial charge in [-0.25, -0.2) is 9.37 Å². The number of oxazole rings is 1. The van der Waals surface area contributed by atoms with Gasteiger partial charge in [-0.3, -0.25) is 4.79 Å². The highest BCUT2D eigenvalue weighted by Crippen LogP contribution is 2.24. The zero-order valence-corrected chi connectivity index (χ0v) is 13.0. The molecule has 2 N–H and O–H groups in total. The average molecular weight is 317 g/mol. The molecule has 1 aliphatic heterocycles. The second-order valence-corrected chi connectivity index (χ2v) is 6.06. The van der Waals surface area contributed by atoms with Crippen LogP contribution in [0.3, 0.4) is 0 Å². The number of benzene rings is 1. The number of carbonyl (C=O) groups is 1. The van der Waals surface area contributed by atoms with Gasteiger partial charge in [0.05, 0.1) is 12.1 Å². The molecule has 0 aliphatic carbocycles. The standard InChI is InChI=1S/C17H20FN3O2/c1-11-6-12(8-19)9-21(11)16(22)7-15-10-23-17(20-15)13-2-4-14(18)5-3-13/h2-5,10-12H,6-9,19H2,1H3. The van der Waals surface area contributed by atoms with E-state index in [1.165, 1.54) is 18.4 Å². The minimum absolute atomic E-state index is 0.0346. The third-order valence-corrected chi connectivity index (χ3v) is 4.29. The minimum Gasteiger partial charge on any atom is -0.444 e. The summed E-state index contributed by atoms with van der Waals surface area (Å²) in [7, 11) is 0. The fraction of sp³-hybridized carbons (Fsp3) is 0.412. The number of carbonyl (C=O) groups excluding carboxylic acids is 1. The van der Waals surface area contributed by atoms with Crippen LogP contribution < -0.4 is 5.73 Å². The third kappa shape index (κ3) is 3.42. The van der Waals surface area contributed by atoms with Crippen LogP contribution in [-0.4, -0.2) is 34.9 Å². The van der Waals surface area contributed by atoms with Crippen LogP contribution in [0.4, 0.5) is 4.39 Å². The second kappa shape index (κ2) is 6.50. The van der Waals surface area contributed by atoms with Crippen molar-refractivity contribution in [2.24, 2.45) is 11.7 Å². The van der Waals surface area contributed by atoms with Crippen molar-refractivity contribution in [1.82, 2.24) is 9.88 Å². The molecule has 2 atom stereocenters. The van der Waals surface area contributed by atoms with Gasteiger partial charge in [-0.15, -0.1) is 0 Å². The second-order valence-electron chi connectivity index (χ2n) is 6.06. The van der Waals surface area contributed by atoms with E-state index in [9.17, 15) is 9.18 Å². The Hall–Kier alpha value is -2.21. The van der Waals surface area contributed by atoms with E-state index in [4.69, 9.17) is 10.2 Å². The highest BCUT2D eigenvalue weighted by molar-refractivity contribution is 5.79. The number of aromatic nitrogens is 1. The minimum atomic E-state index is -0.312. The molecule has 1 saturated heterocycles. The Bertz CT molecular complexity index is 683. The van der Waals surface area contributed by atoms with Crippen molar-refractivity contribution in [3.8, 4) is 11.5 Å². The molecule has 1 aliphatic rings. The summed E-state index contributed by atoms with van der Waals surface area (Å²) >= 11 is 0. The lowest BCUT2D eigenvalue weighted by molar-refractivity contribution is -0.131. The van der Waals surface area contributed by atoms with E-state index >= 15 is 0 Å². The van der Waals surface area contributed by atoms with Crippen LogP contribution in [0.15, 0.2) is 34.9 Å². The highest BCUT2D eigenvalue weighted by atomic mass is 19.1. The number of rotatable bonds is 4. The zero-order valence-electron chi connectivity index (χ0n) is 13.0. The SMILES string of the molecule is CC1CC(CN)CN1C(=O)Cc1coc(-c2ccc(F)cc2)n1. The van der Waals surface area contributed by atoms with Gasteiger partial charge in [-0.1, -0.05) is 0 Å². The van der Waals surface area contributed by atoms with Gasteiger partial charge in [-0.05, 0) is 50.1 Å². The summed E-state index contributed by atoms with van der Waals surface area (Å²) in [5.41, 5.74) is 6.96. The van der Waals surface area contributed by atoms with Crippen molar-refractivity contribution in [2.75, 3.05) is 13.1 Å². The maximum Gasteiger partial charge on any atom is 0.228 e. The van der Waals surface area contributed by atoms with Crippen molar-refractivity contribution in [3.63, 3.8) is 0 Å². The molecule has 1 amide bonds. The van der Waals surface area contributed by atoms with Gasteiger partial charge in [-0.2, -0.15) is 0 Å². The van der Waals surface area contributed by atoms with Crippen molar-refractivity contribution < 1.29 is 13.6 Å². The van der Waals surface area contributed by atoms with Crippen LogP contribution in [0.2, 0.25) is 0 Å². The molecule has 2 unspecified atom stereocenters. The molecule has 1 fully saturated rings. The molecule has 6 heteroatoms. The molecule has 1 aromatic carbocycles. The van der Waals surface area contributed by atoms with Gasteiger partial charge in [0.2, 0.25) is 11.8 Å². The van der Waals surface area contributed by atoms with Crippen molar-refractivity contribution in [3.05, 3.63) is 42.0 Å². The molecule has 23 heavy (non-hydrogen) atoms. The number of likely N-dealkylation sites (tertiary alicyclic amines) is 1. The predicted octanol–water partition coefficient (Wildman–Crippen LogP) is 2.22. The van der Waals surface area contributed by atoms with Crippen LogP contribution in [0.5, 0.6) is 0 Å². The lowest BCUT2D eigenvalue weighted by Gasteiger charge is -2.20. The van der Waals surface area contributed by atoms with Crippen LogP contribution in [0, 0.1) is 11.7 Å². The van der Waals surface area contributed by atoms with E-state index in [2.05, 4.69) is 4.98 Å². The molecule has 3 rings (SSSR count). The number of halogens is 1. The quantitative estimate of drug-likeness (QED) is 0.938. The summed E-state index contributed by atoms with van der Waals surface area (Å²) in [6.45, 7) is 3.35. The number of nitrogens with two attached hydrogens (primary N) is 1. The molecule has 2 aromatic rings. The Balaban J connectivity index is 1.67. The normalized spacial score (nSPS) is 20.9. The van der Waals surface area contributed by atoms with Crippen LogP contribution in [0.25, 0.3) is 11.5 Å². The topological polar surface area (TPSA) is 72.4 Å². The number of hydrogen-bond acceptors (Lipinski definition) is 4. The summed E-state index contributed by atoms with van der Waals surface area (Å²) in [6, 6.07) is 6.11. The fourth-order valence-electron chi connectivity index (χ4n) is 3.03. The molecule has 0 bridgehead atoms. The van der Waals surface area contributed by atoms with E-state index in [1.807, 2.05) is 11.8 Å². The van der Waals surface area contributed by atoms with E-state index in [-0.39, 0.29) is 24.2 Å². The molecule has 1 aromatic heterocycles. The zero-order chi connectivity index (χ0) is 16.4. The third-order valence-electron chi connectivity index (χ3n) is 4.29. The van der Waals surface area contributed by atoms with Gasteiger partial charge in [0.15, 0.2) is 0 Å². The first-order valence-corrected chi connectivity index (χ1v) is 7.76. The van der Waals surface area contributed by atoms with Gasteiger partial charge >= 0.3 is 0 Å². The van der Waals surface area contributed by atoms with Crippen molar-refractivity contribution in [1.29, 1.82) is 0 Å². The van der Waals surface area contributed by atoms with Gasteiger partial charge in [0, 0.05) is 18.2 Å². The Kier molecular flexibility index (Phi) is 4.43. The maximum atomic E-state index is 12.9. The lowest BCUT2D eigenvalue weighted by atomic mass is 10.1. The highest BCUT2D eigenvalue weighted by Gasteiger charge is 2.31. The van der Waals surface area contributed by atoms with E-state index in [0.717, 1.165) is 6.42 Å². The Morgan fingerprint density at radius 1 is 1.43 bits per heavy atom. The Labute approximate surface area is 134 Å². The molecule has 0 spiro atoms. The van der Waals surface area contributed by atoms with Gasteiger partial charge in [0.1, 0.15) is 12.1 Å². The van der Waals surface area contributed by atoms with Crippen LogP contribution in [-0.2, 0) is 11.2 Å². The molecule has 0 saturated carbocycles. The summed E-state index contributed by atoms with van der Waals surface area (Å²) in [5, 5.41) is 0. The molecule has 122 valence electrons. The Morgan fingerprint density at radius 3 is 2.83 bits per heavy atom.